The lowest BCUT2D eigenvalue weighted by molar-refractivity contribution is -0.145. The molecule has 3 rings (SSSR count). The number of carbonyl (C=O) groups excluding carboxylic acids is 2. The Hall–Kier alpha value is -2.89. The minimum absolute atomic E-state index is 0.372. The molecule has 0 spiro atoms. The Balaban J connectivity index is 1.95. The molecule has 1 aliphatic heterocycles. The van der Waals surface area contributed by atoms with Crippen molar-refractivity contribution in [3.05, 3.63) is 48.7 Å². The van der Waals surface area contributed by atoms with Crippen molar-refractivity contribution in [1.29, 1.82) is 0 Å². The van der Waals surface area contributed by atoms with Gasteiger partial charge in [-0.2, -0.15) is 0 Å². The summed E-state index contributed by atoms with van der Waals surface area (Å²) in [6.45, 7) is 3.79. The van der Waals surface area contributed by atoms with Crippen LogP contribution in [0.3, 0.4) is 0 Å². The third-order valence-corrected chi connectivity index (χ3v) is 3.78. The molecule has 1 unspecified atom stereocenters. The van der Waals surface area contributed by atoms with Crippen LogP contribution < -0.4 is 15.0 Å². The predicted octanol–water partition coefficient (Wildman–Crippen LogP) is 2.22. The normalized spacial score (nSPS) is 19.7. The molecule has 0 aliphatic carbocycles. The first-order valence-corrected chi connectivity index (χ1v) is 7.38. The molecule has 1 atom stereocenters. The van der Waals surface area contributed by atoms with Crippen LogP contribution in [0.2, 0.25) is 0 Å². The average Bonchev–Trinajstić information content (AvgIpc) is 2.57. The molecule has 1 aliphatic rings. The topological polar surface area (TPSA) is 71.5 Å². The van der Waals surface area contributed by atoms with Crippen molar-refractivity contribution in [1.82, 2.24) is 4.98 Å². The van der Waals surface area contributed by atoms with E-state index >= 15 is 0 Å². The SMILES string of the molecule is CCN1C(=O)C(C)(C(=O)Nc2ccccn2)Oc2ccccc21. The lowest BCUT2D eigenvalue weighted by Crippen LogP contribution is -2.60. The Kier molecular flexibility index (Phi) is 3.73. The highest BCUT2D eigenvalue weighted by Gasteiger charge is 2.50. The van der Waals surface area contributed by atoms with E-state index in [1.165, 1.54) is 6.92 Å². The number of fused-ring (bicyclic) bond motifs is 1. The first kappa shape index (κ1) is 15.0. The summed E-state index contributed by atoms with van der Waals surface area (Å²) in [4.78, 5) is 31.0. The van der Waals surface area contributed by atoms with Gasteiger partial charge in [-0.25, -0.2) is 4.98 Å². The standard InChI is InChI=1S/C17H17N3O3/c1-3-20-12-8-4-5-9-13(12)23-17(2,16(20)22)15(21)19-14-10-6-7-11-18-14/h4-11H,3H2,1-2H3,(H,18,19,21). The molecular formula is C17H17N3O3. The monoisotopic (exact) mass is 311 g/mol. The van der Waals surface area contributed by atoms with Crippen molar-refractivity contribution < 1.29 is 14.3 Å². The number of nitrogens with zero attached hydrogens (tertiary/aromatic N) is 2. The second kappa shape index (κ2) is 5.72. The fourth-order valence-corrected chi connectivity index (χ4v) is 2.53. The maximum Gasteiger partial charge on any atom is 0.280 e. The molecule has 2 amide bonds. The van der Waals surface area contributed by atoms with E-state index < -0.39 is 17.4 Å². The summed E-state index contributed by atoms with van der Waals surface area (Å²) >= 11 is 0. The smallest absolute Gasteiger partial charge is 0.280 e. The van der Waals surface area contributed by atoms with E-state index in [4.69, 9.17) is 4.74 Å². The number of benzene rings is 1. The van der Waals surface area contributed by atoms with Crippen LogP contribution in [0.1, 0.15) is 13.8 Å². The van der Waals surface area contributed by atoms with Crippen LogP contribution in [-0.4, -0.2) is 28.9 Å². The molecule has 6 nitrogen and oxygen atoms in total. The van der Waals surface area contributed by atoms with E-state index in [2.05, 4.69) is 10.3 Å². The Morgan fingerprint density at radius 3 is 2.70 bits per heavy atom. The van der Waals surface area contributed by atoms with Crippen LogP contribution >= 0.6 is 0 Å². The molecular weight excluding hydrogens is 294 g/mol. The summed E-state index contributed by atoms with van der Waals surface area (Å²) in [5, 5.41) is 2.64. The molecule has 118 valence electrons. The molecule has 0 radical (unpaired) electrons. The number of rotatable bonds is 3. The lowest BCUT2D eigenvalue weighted by Gasteiger charge is -2.39. The number of carbonyl (C=O) groups is 2. The van der Waals surface area contributed by atoms with E-state index in [-0.39, 0.29) is 0 Å². The zero-order valence-electron chi connectivity index (χ0n) is 12.9. The fraction of sp³-hybridized carbons (Fsp3) is 0.235. The van der Waals surface area contributed by atoms with Gasteiger partial charge in [0.2, 0.25) is 0 Å². The molecule has 0 fully saturated rings. The maximum absolute atomic E-state index is 12.8. The van der Waals surface area contributed by atoms with Crippen molar-refractivity contribution in [3.63, 3.8) is 0 Å². The highest BCUT2D eigenvalue weighted by molar-refractivity contribution is 6.19. The van der Waals surface area contributed by atoms with Crippen molar-refractivity contribution in [2.75, 3.05) is 16.8 Å². The van der Waals surface area contributed by atoms with Gasteiger partial charge in [-0.15, -0.1) is 0 Å². The van der Waals surface area contributed by atoms with E-state index in [9.17, 15) is 9.59 Å². The maximum atomic E-state index is 12.8. The first-order valence-electron chi connectivity index (χ1n) is 7.38. The Morgan fingerprint density at radius 1 is 1.26 bits per heavy atom. The second-order valence-corrected chi connectivity index (χ2v) is 5.32. The van der Waals surface area contributed by atoms with Gasteiger partial charge in [-0.3, -0.25) is 9.59 Å². The summed E-state index contributed by atoms with van der Waals surface area (Å²) < 4.78 is 5.77. The minimum Gasteiger partial charge on any atom is -0.465 e. The van der Waals surface area contributed by atoms with Crippen molar-refractivity contribution >= 4 is 23.3 Å². The number of anilines is 2. The number of amides is 2. The minimum atomic E-state index is -1.64. The van der Waals surface area contributed by atoms with Crippen LogP contribution in [0.15, 0.2) is 48.7 Å². The summed E-state index contributed by atoms with van der Waals surface area (Å²) in [5.74, 6) is -0.0639. The van der Waals surface area contributed by atoms with E-state index in [1.54, 1.807) is 47.5 Å². The zero-order valence-corrected chi connectivity index (χ0v) is 12.9. The molecule has 1 aromatic heterocycles. The van der Waals surface area contributed by atoms with E-state index in [1.807, 2.05) is 13.0 Å². The van der Waals surface area contributed by atoms with E-state index in [0.717, 1.165) is 0 Å². The number of ether oxygens (including phenoxy) is 1. The average molecular weight is 311 g/mol. The number of pyridine rings is 1. The Bertz CT molecular complexity index is 748. The van der Waals surface area contributed by atoms with Crippen LogP contribution in [0.5, 0.6) is 5.75 Å². The summed E-state index contributed by atoms with van der Waals surface area (Å²) in [7, 11) is 0. The summed E-state index contributed by atoms with van der Waals surface area (Å²) in [5.41, 5.74) is -0.967. The van der Waals surface area contributed by atoms with Gasteiger partial charge >= 0.3 is 0 Å². The third-order valence-electron chi connectivity index (χ3n) is 3.78. The first-order chi connectivity index (χ1) is 11.1. The van der Waals surface area contributed by atoms with Crippen molar-refractivity contribution in [3.8, 4) is 5.75 Å². The zero-order chi connectivity index (χ0) is 16.4. The lowest BCUT2D eigenvalue weighted by atomic mass is 10.00. The van der Waals surface area contributed by atoms with Crippen LogP contribution in [0.4, 0.5) is 11.5 Å². The van der Waals surface area contributed by atoms with Gasteiger partial charge in [0, 0.05) is 12.7 Å². The number of hydrogen-bond acceptors (Lipinski definition) is 4. The van der Waals surface area contributed by atoms with Gasteiger partial charge in [-0.05, 0) is 38.1 Å². The van der Waals surface area contributed by atoms with Crippen LogP contribution in [-0.2, 0) is 9.59 Å². The highest BCUT2D eigenvalue weighted by Crippen LogP contribution is 2.37. The fourth-order valence-electron chi connectivity index (χ4n) is 2.53. The summed E-state index contributed by atoms with van der Waals surface area (Å²) in [6, 6.07) is 12.3. The number of likely N-dealkylation sites (N-methyl/N-ethyl adjacent to an activating group) is 1. The number of hydrogen-bond donors (Lipinski definition) is 1. The highest BCUT2D eigenvalue weighted by atomic mass is 16.5. The molecule has 2 aromatic rings. The number of nitrogens with one attached hydrogen (secondary N) is 1. The second-order valence-electron chi connectivity index (χ2n) is 5.32. The molecule has 1 aromatic carbocycles. The quantitative estimate of drug-likeness (QED) is 0.882. The van der Waals surface area contributed by atoms with Gasteiger partial charge in [-0.1, -0.05) is 18.2 Å². The van der Waals surface area contributed by atoms with Gasteiger partial charge in [0.15, 0.2) is 0 Å². The number of aromatic nitrogens is 1. The Morgan fingerprint density at radius 2 is 2.00 bits per heavy atom. The van der Waals surface area contributed by atoms with Gasteiger partial charge in [0.05, 0.1) is 5.69 Å². The summed E-state index contributed by atoms with van der Waals surface area (Å²) in [6.07, 6.45) is 1.56. The largest absolute Gasteiger partial charge is 0.465 e. The van der Waals surface area contributed by atoms with Crippen LogP contribution in [0.25, 0.3) is 0 Å². The molecule has 6 heteroatoms. The molecule has 2 heterocycles. The number of para-hydroxylation sites is 2. The van der Waals surface area contributed by atoms with Crippen molar-refractivity contribution in [2.45, 2.75) is 19.4 Å². The Labute approximate surface area is 134 Å². The predicted molar refractivity (Wildman–Crippen MR) is 86.4 cm³/mol. The van der Waals surface area contributed by atoms with Gasteiger partial charge in [0.1, 0.15) is 11.6 Å². The molecule has 0 saturated carbocycles. The third kappa shape index (κ3) is 2.52. The molecule has 0 saturated heterocycles. The van der Waals surface area contributed by atoms with E-state index in [0.29, 0.717) is 23.8 Å². The van der Waals surface area contributed by atoms with Crippen molar-refractivity contribution in [2.24, 2.45) is 0 Å². The molecule has 23 heavy (non-hydrogen) atoms. The van der Waals surface area contributed by atoms with Gasteiger partial charge in [0.25, 0.3) is 17.4 Å². The molecule has 1 N–H and O–H groups in total. The molecule has 0 bridgehead atoms. The van der Waals surface area contributed by atoms with Gasteiger partial charge < -0.3 is 15.0 Å². The van der Waals surface area contributed by atoms with Crippen LogP contribution in [0, 0.1) is 0 Å².